The van der Waals surface area contributed by atoms with Crippen LogP contribution in [0, 0.1) is 105 Å². The minimum Gasteiger partial charge on any atom is -0.519 e. The van der Waals surface area contributed by atoms with Gasteiger partial charge in [0.25, 0.3) is 5.97 Å². The van der Waals surface area contributed by atoms with Crippen LogP contribution in [0.1, 0.15) is 161 Å². The molecule has 0 saturated carbocycles. The van der Waals surface area contributed by atoms with Gasteiger partial charge in [-0.25, -0.2) is 69.6 Å². The van der Waals surface area contributed by atoms with Gasteiger partial charge in [0.15, 0.2) is 0 Å². The Labute approximate surface area is 742 Å². The molecule has 0 saturated heterocycles. The number of hydrogen-bond donors (Lipinski definition) is 4. The number of nitrogens with zero attached hydrogens (tertiary/aromatic N) is 5. The Morgan fingerprint density at radius 1 is 0.415 bits per heavy atom. The van der Waals surface area contributed by atoms with Crippen LogP contribution < -0.4 is 48.5 Å². The maximum Gasteiger partial charge on any atom is 1.00 e. The van der Waals surface area contributed by atoms with E-state index >= 15 is 0 Å². The first-order valence-corrected chi connectivity index (χ1v) is 30.9. The van der Waals surface area contributed by atoms with Gasteiger partial charge in [-0.05, 0) is 156 Å². The van der Waals surface area contributed by atoms with Crippen LogP contribution in [0.2, 0.25) is 0 Å². The summed E-state index contributed by atoms with van der Waals surface area (Å²) in [5.74, 6) is -34.8. The number of carboxylic acids is 1. The van der Waals surface area contributed by atoms with Gasteiger partial charge in [-0.15, -0.1) is 0 Å². The Hall–Kier alpha value is -10.4. The van der Waals surface area contributed by atoms with Crippen LogP contribution in [0.15, 0.2) is 97.1 Å². The van der Waals surface area contributed by atoms with Crippen LogP contribution in [0.5, 0.6) is 40.2 Å². The zero-order valence-electron chi connectivity index (χ0n) is 56.4. The van der Waals surface area contributed by atoms with Gasteiger partial charge in [-0.1, -0.05) is 74.3 Å². The van der Waals surface area contributed by atoms with Crippen LogP contribution in [0.3, 0.4) is 0 Å². The number of hydrogen-bond acceptors (Lipinski definition) is 20. The van der Waals surface area contributed by atoms with Crippen molar-refractivity contribution in [1.82, 2.24) is 0 Å². The summed E-state index contributed by atoms with van der Waals surface area (Å²) >= 11 is 3.56. The molecule has 7 aromatic carbocycles. The Morgan fingerprint density at radius 3 is 0.924 bits per heavy atom. The van der Waals surface area contributed by atoms with E-state index in [1.807, 2.05) is 36.4 Å². The number of carbonyl (C=O) groups is 7. The zero-order valence-corrected chi connectivity index (χ0v) is 64.4. The van der Waals surface area contributed by atoms with Crippen molar-refractivity contribution in [3.05, 3.63) is 234 Å². The molecule has 656 valence electrons. The van der Waals surface area contributed by atoms with E-state index in [4.69, 9.17) is 78.1 Å². The van der Waals surface area contributed by atoms with E-state index in [1.165, 1.54) is 95.2 Å². The van der Waals surface area contributed by atoms with Gasteiger partial charge in [0, 0.05) is 45.1 Å². The molecule has 0 aliphatic carbocycles. The summed E-state index contributed by atoms with van der Waals surface area (Å²) in [6.45, 7) is 38.5. The van der Waals surface area contributed by atoms with Crippen molar-refractivity contribution in [2.75, 3.05) is 28.4 Å². The zero-order chi connectivity index (χ0) is 82.8. The SMILES string of the molecule is C.C.C.C.C.C.C.C.C.C.CC(=O)O.COC(=O)c1ccc(O)c(I)c1.COC(=O)c1ccc(O)cc1.ClI.O=C(Oc1c(F)c(F)c(F)c(F)c1F)C(F)(F)F.[C-]#N.[C-]#N.[C-]#[N+]c1cc(C(=O)OC)ccc1O.[C-]#[N+]c1cc(C(=O)OC)ccc1OC(C)C.[C-]#[N+]c1cc(C(=O)Oc2c(F)c(F)c(F)c(F)c2F)ccc1OC(C)C.[Cu+].[Na+]. The Kier molecular flexibility index (Phi) is 88.3. The topological polar surface area (TPSA) is 335 Å². The van der Waals surface area contributed by atoms with Crippen molar-refractivity contribution >= 4 is 112 Å². The molecule has 0 spiro atoms. The monoisotopic (exact) mass is 2000 g/mol. The van der Waals surface area contributed by atoms with Gasteiger partial charge < -0.3 is 82.0 Å². The molecule has 24 nitrogen and oxygen atoms in total. The quantitative estimate of drug-likeness (QED) is 0.0108. The van der Waals surface area contributed by atoms with Gasteiger partial charge in [0.1, 0.15) is 28.7 Å². The van der Waals surface area contributed by atoms with E-state index in [2.05, 4.69) is 51.9 Å². The predicted octanol–water partition coefficient (Wildman–Crippen LogP) is 20.5. The molecule has 0 aliphatic heterocycles. The third-order valence-electron chi connectivity index (χ3n) is 10.7. The summed E-state index contributed by atoms with van der Waals surface area (Å²) in [6.07, 6.45) is -5.92. The molecule has 0 bridgehead atoms. The molecule has 7 rings (SSSR count). The third-order valence-corrected chi connectivity index (χ3v) is 11.5. The summed E-state index contributed by atoms with van der Waals surface area (Å²) in [5.41, 5.74) is 1.42. The number of aliphatic carboxylic acids is 1. The van der Waals surface area contributed by atoms with Gasteiger partial charge >= 0.3 is 88.6 Å². The van der Waals surface area contributed by atoms with Gasteiger partial charge in [-0.3, -0.25) is 4.79 Å². The number of alkyl halides is 3. The Morgan fingerprint density at radius 2 is 0.653 bits per heavy atom. The number of carboxylic acid groups (broad SMARTS) is 1. The Bertz CT molecular complexity index is 4340. The normalized spacial score (nSPS) is 8.51. The van der Waals surface area contributed by atoms with Crippen molar-refractivity contribution < 1.29 is 196 Å². The summed E-state index contributed by atoms with van der Waals surface area (Å²) in [7, 11) is 9.81. The average molecular weight is 2000 g/mol. The van der Waals surface area contributed by atoms with Crippen molar-refractivity contribution in [1.29, 1.82) is 10.5 Å². The fourth-order valence-electron chi connectivity index (χ4n) is 6.26. The van der Waals surface area contributed by atoms with E-state index in [0.29, 0.717) is 31.7 Å². The van der Waals surface area contributed by atoms with Crippen LogP contribution in [-0.2, 0) is 45.6 Å². The van der Waals surface area contributed by atoms with E-state index in [1.54, 1.807) is 53.5 Å². The minimum absolute atomic E-state index is 0. The second-order valence-electron chi connectivity index (χ2n) is 18.5. The molecular weight excluding hydrogens is 1910 g/mol. The summed E-state index contributed by atoms with van der Waals surface area (Å²) in [4.78, 5) is 84.7. The van der Waals surface area contributed by atoms with Crippen LogP contribution in [-0.4, -0.2) is 109 Å². The molecular formula is C76H89ClCuF13I2N5NaO19. The number of methoxy groups -OCH3 is 4. The number of carbonyl (C=O) groups excluding carboxylic acids is 6. The van der Waals surface area contributed by atoms with E-state index in [-0.39, 0.29) is 179 Å². The van der Waals surface area contributed by atoms with Crippen molar-refractivity contribution in [2.24, 2.45) is 0 Å². The largest absolute Gasteiger partial charge is 1.00 e. The number of aromatic hydroxyl groups is 3. The molecule has 0 unspecified atom stereocenters. The van der Waals surface area contributed by atoms with Gasteiger partial charge in [-0.2, -0.15) is 30.7 Å². The first-order valence-electron chi connectivity index (χ1n) is 27.1. The van der Waals surface area contributed by atoms with Crippen molar-refractivity contribution in [3.8, 4) is 40.2 Å². The number of phenols is 3. The first-order chi connectivity index (χ1) is 49.6. The standard InChI is InChI=1S/C17H10F5NO3.C12H13NO3.C9H7NO3.C8F8O2.C8H7IO3.C8H8O3.C2H4O2.2CN.10CH4.ClI.Cu.Na/c1-7(2)25-10-5-4-8(6-9(10)23-3)17(24)26-16-14(21)12(19)11(18)13(20)15(16)22;1-8(2)16-11-6-5-9(12(14)15-4)7-10(11)13-3;1-10-7-5-6(9(12)13-2)3-4-8(7)11;9-1-2(10)4(12)6(5(13)3(1)11)18-7(17)8(14,15)16;1-12-8(11)5-2-3-7(10)6(9)4-5;1-11-8(10)6-2-4-7(9)5-3-6;1-2(3)4;2*1-2;;;;;;;;;;;1-2;;/h4-7H,1-2H3;5-8H,1-2,4H3;3-5,11H,2H3;;2-4,10H,1H3;2-5,9H,1H3;1H3,(H,3,4);;;10*1H4;;;/q;;;;;;;2*-1;;;;;;;;;;;;2*+1. The molecule has 0 amide bonds. The third kappa shape index (κ3) is 47.8. The molecule has 0 atom stereocenters. The second-order valence-corrected chi connectivity index (χ2v) is 19.7. The number of rotatable bonds is 11. The molecule has 0 radical (unpaired) electrons. The molecule has 118 heavy (non-hydrogen) atoms. The molecule has 0 aromatic heterocycles. The number of halogens is 16. The molecule has 0 heterocycles. The predicted molar refractivity (Wildman–Crippen MR) is 425 cm³/mol. The second kappa shape index (κ2) is 73.0. The smallest absolute Gasteiger partial charge is 0.519 e. The molecule has 7 aromatic rings. The molecule has 0 fully saturated rings. The van der Waals surface area contributed by atoms with Gasteiger partial charge in [0.2, 0.25) is 86.7 Å². The fraction of sp³-hybridized carbons (Fsp3) is 0.289. The van der Waals surface area contributed by atoms with Crippen LogP contribution in [0.25, 0.3) is 14.5 Å². The van der Waals surface area contributed by atoms with E-state index in [9.17, 15) is 85.8 Å². The van der Waals surface area contributed by atoms with Crippen LogP contribution in [0.4, 0.5) is 74.1 Å². The maximum absolute atomic E-state index is 13.6. The van der Waals surface area contributed by atoms with E-state index in [0.717, 1.165) is 19.1 Å². The number of benzene rings is 7. The van der Waals surface area contributed by atoms with Crippen LogP contribution >= 0.6 is 53.0 Å². The van der Waals surface area contributed by atoms with Crippen molar-refractivity contribution in [2.45, 2.75) is 127 Å². The van der Waals surface area contributed by atoms with Gasteiger partial charge in [0.05, 0.1) is 75.1 Å². The Balaban J connectivity index is -0.0000000810. The molecule has 0 aliphatic rings. The minimum atomic E-state index is -5.65. The maximum atomic E-state index is 13.6. The number of ether oxygens (including phenoxy) is 8. The summed E-state index contributed by atoms with van der Waals surface area (Å²) in [5, 5.41) is 47.0. The average Bonchev–Trinajstić information content (AvgIpc) is 0.795. The number of phenolic OH excluding ortho intramolecular Hbond substituents is 3. The fourth-order valence-corrected chi connectivity index (χ4v) is 6.78. The number of esters is 6. The van der Waals surface area contributed by atoms with E-state index < -0.39 is 118 Å². The molecule has 42 heteroatoms. The summed E-state index contributed by atoms with van der Waals surface area (Å²) in [6, 6.07) is 22.5. The molecule has 4 N–H and O–H groups in total. The van der Waals surface area contributed by atoms with Crippen molar-refractivity contribution in [3.63, 3.8) is 0 Å². The summed E-state index contributed by atoms with van der Waals surface area (Å²) < 4.78 is 201. The first kappa shape index (κ1) is 143.